The van der Waals surface area contributed by atoms with Crippen LogP contribution in [0.5, 0.6) is 5.75 Å². The number of hydrogen-bond donors (Lipinski definition) is 2. The monoisotopic (exact) mass is 326 g/mol. The number of rotatable bonds is 4. The van der Waals surface area contributed by atoms with Gasteiger partial charge in [0.25, 0.3) is 10.0 Å². The van der Waals surface area contributed by atoms with Crippen molar-refractivity contribution in [3.05, 3.63) is 24.3 Å². The maximum Gasteiger partial charge on any atom is 0.328 e. The van der Waals surface area contributed by atoms with Crippen molar-refractivity contribution in [2.45, 2.75) is 43.5 Å². The van der Waals surface area contributed by atoms with Crippen LogP contribution in [0.3, 0.4) is 0 Å². The Morgan fingerprint density at radius 1 is 1.23 bits per heavy atom. The van der Waals surface area contributed by atoms with Crippen LogP contribution >= 0.6 is 0 Å². The van der Waals surface area contributed by atoms with Gasteiger partial charge in [-0.3, -0.25) is 0 Å². The maximum atomic E-state index is 12.1. The highest BCUT2D eigenvalue weighted by Gasteiger charge is 2.23. The molecule has 2 rings (SSSR count). The highest BCUT2D eigenvalue weighted by Crippen LogP contribution is 2.23. The molecule has 1 aromatic carbocycles. The van der Waals surface area contributed by atoms with E-state index in [2.05, 4.69) is 17.0 Å². The van der Waals surface area contributed by atoms with Crippen molar-refractivity contribution < 1.29 is 17.9 Å². The van der Waals surface area contributed by atoms with E-state index in [0.717, 1.165) is 25.7 Å². The Kier molecular flexibility index (Phi) is 5.28. The molecule has 122 valence electrons. The molecular weight excluding hydrogens is 304 g/mol. The van der Waals surface area contributed by atoms with Crippen LogP contribution in [0.15, 0.2) is 29.2 Å². The first kappa shape index (κ1) is 16.6. The zero-order chi connectivity index (χ0) is 16.2. The highest BCUT2D eigenvalue weighted by atomic mass is 32.2. The van der Waals surface area contributed by atoms with Crippen molar-refractivity contribution in [2.75, 3.05) is 7.11 Å². The molecule has 1 aliphatic rings. The Balaban J connectivity index is 1.96. The summed E-state index contributed by atoms with van der Waals surface area (Å²) < 4.78 is 31.3. The summed E-state index contributed by atoms with van der Waals surface area (Å²) in [6, 6.07) is 5.24. The van der Waals surface area contributed by atoms with Gasteiger partial charge in [-0.05, 0) is 43.0 Å². The Morgan fingerprint density at radius 3 is 2.50 bits per heavy atom. The number of carbonyl (C=O) groups is 1. The summed E-state index contributed by atoms with van der Waals surface area (Å²) in [4.78, 5) is 11.9. The lowest BCUT2D eigenvalue weighted by molar-refractivity contribution is 0.232. The SMILES string of the molecule is COc1ccc(S(=O)(=O)NC(=O)NC2CCCC(C)C2)cc1. The van der Waals surface area contributed by atoms with E-state index in [-0.39, 0.29) is 10.9 Å². The molecule has 2 amide bonds. The molecule has 0 heterocycles. The van der Waals surface area contributed by atoms with Gasteiger partial charge in [-0.1, -0.05) is 19.8 Å². The molecule has 0 aliphatic heterocycles. The number of methoxy groups -OCH3 is 1. The van der Waals surface area contributed by atoms with Crippen LogP contribution in [-0.2, 0) is 10.0 Å². The molecule has 1 saturated carbocycles. The molecule has 1 fully saturated rings. The minimum Gasteiger partial charge on any atom is -0.497 e. The van der Waals surface area contributed by atoms with Gasteiger partial charge in [-0.15, -0.1) is 0 Å². The topological polar surface area (TPSA) is 84.5 Å². The normalized spacial score (nSPS) is 21.9. The molecule has 22 heavy (non-hydrogen) atoms. The molecule has 0 spiro atoms. The lowest BCUT2D eigenvalue weighted by atomic mass is 9.87. The van der Waals surface area contributed by atoms with E-state index < -0.39 is 16.1 Å². The summed E-state index contributed by atoms with van der Waals surface area (Å²) in [6.07, 6.45) is 3.98. The first-order chi connectivity index (χ1) is 10.4. The van der Waals surface area contributed by atoms with E-state index >= 15 is 0 Å². The second-order valence-corrected chi connectivity index (χ2v) is 7.41. The summed E-state index contributed by atoms with van der Waals surface area (Å²) in [7, 11) is -2.37. The number of hydrogen-bond acceptors (Lipinski definition) is 4. The smallest absolute Gasteiger partial charge is 0.328 e. The minimum atomic E-state index is -3.87. The predicted molar refractivity (Wildman–Crippen MR) is 83.3 cm³/mol. The first-order valence-corrected chi connectivity index (χ1v) is 8.86. The number of amides is 2. The highest BCUT2D eigenvalue weighted by molar-refractivity contribution is 7.90. The zero-order valence-corrected chi connectivity index (χ0v) is 13.7. The average Bonchev–Trinajstić information content (AvgIpc) is 2.46. The van der Waals surface area contributed by atoms with Crippen LogP contribution in [0.1, 0.15) is 32.6 Å². The molecule has 2 atom stereocenters. The number of nitrogens with one attached hydrogen (secondary N) is 2. The van der Waals surface area contributed by atoms with Crippen LogP contribution in [0, 0.1) is 5.92 Å². The summed E-state index contributed by atoms with van der Waals surface area (Å²) >= 11 is 0. The van der Waals surface area contributed by atoms with Crippen molar-refractivity contribution >= 4 is 16.1 Å². The van der Waals surface area contributed by atoms with E-state index in [1.54, 1.807) is 0 Å². The van der Waals surface area contributed by atoms with Crippen molar-refractivity contribution in [2.24, 2.45) is 5.92 Å². The van der Waals surface area contributed by atoms with Crippen LogP contribution < -0.4 is 14.8 Å². The summed E-state index contributed by atoms with van der Waals surface area (Å²) in [5.41, 5.74) is 0. The number of carbonyl (C=O) groups excluding carboxylic acids is 1. The molecule has 1 aromatic rings. The Bertz CT molecular complexity index is 613. The third-order valence-corrected chi connectivity index (χ3v) is 5.22. The van der Waals surface area contributed by atoms with Gasteiger partial charge in [0, 0.05) is 6.04 Å². The van der Waals surface area contributed by atoms with E-state index in [1.807, 2.05) is 0 Å². The predicted octanol–water partition coefficient (Wildman–Crippen LogP) is 2.26. The summed E-state index contributed by atoms with van der Waals surface area (Å²) in [5, 5.41) is 2.74. The lowest BCUT2D eigenvalue weighted by Crippen LogP contribution is -2.45. The van der Waals surface area contributed by atoms with Crippen LogP contribution in [0.25, 0.3) is 0 Å². The van der Waals surface area contributed by atoms with Crippen molar-refractivity contribution in [1.29, 1.82) is 0 Å². The van der Waals surface area contributed by atoms with Crippen molar-refractivity contribution in [1.82, 2.24) is 10.0 Å². The summed E-state index contributed by atoms with van der Waals surface area (Å²) in [6.45, 7) is 2.14. The average molecular weight is 326 g/mol. The minimum absolute atomic E-state index is 0.0282. The van der Waals surface area contributed by atoms with Crippen LogP contribution in [0.4, 0.5) is 4.79 Å². The molecular formula is C15H22N2O4S. The van der Waals surface area contributed by atoms with Crippen molar-refractivity contribution in [3.63, 3.8) is 0 Å². The number of benzene rings is 1. The fraction of sp³-hybridized carbons (Fsp3) is 0.533. The largest absolute Gasteiger partial charge is 0.497 e. The fourth-order valence-electron chi connectivity index (χ4n) is 2.72. The zero-order valence-electron chi connectivity index (χ0n) is 12.8. The molecule has 2 N–H and O–H groups in total. The molecule has 1 aliphatic carbocycles. The van der Waals surface area contributed by atoms with Gasteiger partial charge in [0.2, 0.25) is 0 Å². The van der Waals surface area contributed by atoms with E-state index in [1.165, 1.54) is 31.4 Å². The van der Waals surface area contributed by atoms with Crippen LogP contribution in [0.2, 0.25) is 0 Å². The standard InChI is InChI=1S/C15H22N2O4S/c1-11-4-3-5-12(10-11)16-15(18)17-22(19,20)14-8-6-13(21-2)7-9-14/h6-9,11-12H,3-5,10H2,1-2H3,(H2,16,17,18). The lowest BCUT2D eigenvalue weighted by Gasteiger charge is -2.27. The molecule has 6 nitrogen and oxygen atoms in total. The van der Waals surface area contributed by atoms with Gasteiger partial charge >= 0.3 is 6.03 Å². The fourth-order valence-corrected chi connectivity index (χ4v) is 3.63. The summed E-state index contributed by atoms with van der Waals surface area (Å²) in [5.74, 6) is 1.11. The molecule has 0 aromatic heterocycles. The van der Waals surface area contributed by atoms with E-state index in [9.17, 15) is 13.2 Å². The molecule has 0 bridgehead atoms. The quantitative estimate of drug-likeness (QED) is 0.889. The van der Waals surface area contributed by atoms with Crippen LogP contribution in [-0.4, -0.2) is 27.6 Å². The van der Waals surface area contributed by atoms with Gasteiger partial charge in [-0.25, -0.2) is 17.9 Å². The molecule has 2 unspecified atom stereocenters. The van der Waals surface area contributed by atoms with Gasteiger partial charge in [0.05, 0.1) is 12.0 Å². The van der Waals surface area contributed by atoms with Crippen molar-refractivity contribution in [3.8, 4) is 5.75 Å². The second-order valence-electron chi connectivity index (χ2n) is 5.72. The van der Waals surface area contributed by atoms with E-state index in [4.69, 9.17) is 4.74 Å². The third-order valence-electron chi connectivity index (χ3n) is 3.87. The van der Waals surface area contributed by atoms with Gasteiger partial charge in [0.1, 0.15) is 5.75 Å². The Labute approximate surface area is 131 Å². The Morgan fingerprint density at radius 2 is 1.91 bits per heavy atom. The third kappa shape index (κ3) is 4.37. The first-order valence-electron chi connectivity index (χ1n) is 7.38. The molecule has 7 heteroatoms. The van der Waals surface area contributed by atoms with E-state index in [0.29, 0.717) is 11.7 Å². The maximum absolute atomic E-state index is 12.1. The second kappa shape index (κ2) is 7.00. The number of sulfonamides is 1. The van der Waals surface area contributed by atoms with Gasteiger partial charge in [0.15, 0.2) is 0 Å². The Hall–Kier alpha value is -1.76. The molecule has 0 saturated heterocycles. The number of ether oxygens (including phenoxy) is 1. The van der Waals surface area contributed by atoms with Gasteiger partial charge < -0.3 is 10.1 Å². The molecule has 0 radical (unpaired) electrons. The number of urea groups is 1. The van der Waals surface area contributed by atoms with Gasteiger partial charge in [-0.2, -0.15) is 0 Å².